The number of hydrogen-bond acceptors (Lipinski definition) is 3. The Kier molecular flexibility index (Phi) is 3.88. The van der Waals surface area contributed by atoms with Crippen LogP contribution in [0.25, 0.3) is 0 Å². The van der Waals surface area contributed by atoms with Gasteiger partial charge in [-0.25, -0.2) is 0 Å². The molecular weight excluding hydrogens is 213 g/mol. The number of halogens is 3. The lowest BCUT2D eigenvalue weighted by molar-refractivity contribution is -0.133. The molecule has 0 bridgehead atoms. The number of hydrogen-bond donors (Lipinski definition) is 1. The van der Waals surface area contributed by atoms with Gasteiger partial charge >= 0.3 is 6.18 Å². The van der Waals surface area contributed by atoms with Crippen LogP contribution < -0.4 is 5.32 Å². The zero-order chi connectivity index (χ0) is 10.6. The lowest BCUT2D eigenvalue weighted by atomic mass is 10.3. The molecule has 1 rings (SSSR count). The van der Waals surface area contributed by atoms with E-state index in [1.54, 1.807) is 11.7 Å². The summed E-state index contributed by atoms with van der Waals surface area (Å²) in [5.41, 5.74) is 1.66. The van der Waals surface area contributed by atoms with Gasteiger partial charge in [-0.2, -0.15) is 13.2 Å². The fourth-order valence-electron chi connectivity index (χ4n) is 0.970. The maximum absolute atomic E-state index is 11.8. The predicted molar refractivity (Wildman–Crippen MR) is 49.2 cm³/mol. The molecule has 1 aromatic heterocycles. The predicted octanol–water partition coefficient (Wildman–Crippen LogP) is 2.75. The highest BCUT2D eigenvalue weighted by molar-refractivity contribution is 7.09. The summed E-state index contributed by atoms with van der Waals surface area (Å²) in [5, 5.41) is 2.79. The number of rotatable bonds is 4. The van der Waals surface area contributed by atoms with E-state index in [0.717, 1.165) is 4.88 Å². The lowest BCUT2D eigenvalue weighted by Gasteiger charge is -2.12. The molecule has 1 N–H and O–H groups in total. The minimum Gasteiger partial charge on any atom is -0.309 e. The molecule has 0 fully saturated rings. The second-order valence-corrected chi connectivity index (χ2v) is 3.86. The van der Waals surface area contributed by atoms with Crippen LogP contribution in [0.15, 0.2) is 11.7 Å². The molecule has 0 saturated heterocycles. The Balaban J connectivity index is 2.26. The summed E-state index contributed by atoms with van der Waals surface area (Å²) >= 11 is 1.43. The van der Waals surface area contributed by atoms with E-state index < -0.39 is 12.6 Å². The van der Waals surface area contributed by atoms with Crippen LogP contribution in [0.3, 0.4) is 0 Å². The van der Waals surface area contributed by atoms with E-state index in [2.05, 4.69) is 10.3 Å². The van der Waals surface area contributed by atoms with E-state index in [4.69, 9.17) is 0 Å². The van der Waals surface area contributed by atoms with Crippen LogP contribution in [-0.2, 0) is 0 Å². The summed E-state index contributed by atoms with van der Waals surface area (Å²) in [6.45, 7) is 1.77. The molecule has 0 aliphatic carbocycles. The van der Waals surface area contributed by atoms with Crippen LogP contribution in [0.1, 0.15) is 24.3 Å². The summed E-state index contributed by atoms with van der Waals surface area (Å²) in [6.07, 6.45) is -3.22. The summed E-state index contributed by atoms with van der Waals surface area (Å²) < 4.78 is 35.4. The van der Waals surface area contributed by atoms with Crippen LogP contribution in [0.2, 0.25) is 0 Å². The first-order valence-corrected chi connectivity index (χ1v) is 5.05. The molecule has 0 radical (unpaired) electrons. The van der Waals surface area contributed by atoms with E-state index in [-0.39, 0.29) is 12.6 Å². The molecule has 6 heteroatoms. The van der Waals surface area contributed by atoms with Gasteiger partial charge in [0, 0.05) is 23.7 Å². The van der Waals surface area contributed by atoms with Crippen LogP contribution >= 0.6 is 11.3 Å². The molecule has 0 aliphatic heterocycles. The monoisotopic (exact) mass is 224 g/mol. The highest BCUT2D eigenvalue weighted by Gasteiger charge is 2.26. The maximum atomic E-state index is 11.8. The molecule has 14 heavy (non-hydrogen) atoms. The molecule has 1 aromatic rings. The van der Waals surface area contributed by atoms with Crippen molar-refractivity contribution in [1.82, 2.24) is 10.3 Å². The largest absolute Gasteiger partial charge is 0.390 e. The standard InChI is InChI=1S/C8H11F3N2S/c1-6(7-4-12-5-14-7)13-3-2-8(9,10)11/h4-6,13H,2-3H2,1H3. The summed E-state index contributed by atoms with van der Waals surface area (Å²) in [4.78, 5) is 4.81. The molecule has 0 aliphatic rings. The summed E-state index contributed by atoms with van der Waals surface area (Å²) in [6, 6.07) is -0.0650. The first-order chi connectivity index (χ1) is 6.49. The van der Waals surface area contributed by atoms with Gasteiger partial charge in [0.25, 0.3) is 0 Å². The smallest absolute Gasteiger partial charge is 0.309 e. The quantitative estimate of drug-likeness (QED) is 0.850. The highest BCUT2D eigenvalue weighted by Crippen LogP contribution is 2.20. The Labute approximate surface area is 84.2 Å². The van der Waals surface area contributed by atoms with Crippen LogP contribution in [0, 0.1) is 0 Å². The number of thiazole rings is 1. The first-order valence-electron chi connectivity index (χ1n) is 4.17. The summed E-state index contributed by atoms with van der Waals surface area (Å²) in [7, 11) is 0. The van der Waals surface area contributed by atoms with E-state index in [1.807, 2.05) is 6.92 Å². The van der Waals surface area contributed by atoms with E-state index >= 15 is 0 Å². The minimum absolute atomic E-state index is 0.0530. The van der Waals surface area contributed by atoms with Gasteiger partial charge in [0.05, 0.1) is 11.9 Å². The van der Waals surface area contributed by atoms with E-state index in [0.29, 0.717) is 0 Å². The topological polar surface area (TPSA) is 24.9 Å². The lowest BCUT2D eigenvalue weighted by Crippen LogP contribution is -2.23. The molecule has 0 saturated carbocycles. The number of aromatic nitrogens is 1. The Morgan fingerprint density at radius 2 is 2.29 bits per heavy atom. The third kappa shape index (κ3) is 4.06. The second kappa shape index (κ2) is 4.75. The van der Waals surface area contributed by atoms with E-state index in [9.17, 15) is 13.2 Å². The molecule has 1 atom stereocenters. The van der Waals surface area contributed by atoms with Crippen molar-refractivity contribution in [2.45, 2.75) is 25.6 Å². The molecule has 1 heterocycles. The van der Waals surface area contributed by atoms with Gasteiger partial charge in [-0.15, -0.1) is 11.3 Å². The SMILES string of the molecule is CC(NCCC(F)(F)F)c1cncs1. The number of alkyl halides is 3. The molecule has 0 spiro atoms. The number of nitrogens with one attached hydrogen (secondary N) is 1. The Morgan fingerprint density at radius 1 is 1.57 bits per heavy atom. The minimum atomic E-state index is -4.08. The molecule has 1 unspecified atom stereocenters. The normalized spacial score (nSPS) is 14.3. The van der Waals surface area contributed by atoms with Crippen molar-refractivity contribution in [3.8, 4) is 0 Å². The number of nitrogens with zero attached hydrogens (tertiary/aromatic N) is 1. The molecule has 80 valence electrons. The Bertz CT molecular complexity index is 258. The second-order valence-electron chi connectivity index (χ2n) is 2.94. The molecule has 0 amide bonds. The fraction of sp³-hybridized carbons (Fsp3) is 0.625. The van der Waals surface area contributed by atoms with Gasteiger partial charge in [0.15, 0.2) is 0 Å². The van der Waals surface area contributed by atoms with E-state index in [1.165, 1.54) is 11.3 Å². The van der Waals surface area contributed by atoms with Crippen molar-refractivity contribution in [3.63, 3.8) is 0 Å². The average molecular weight is 224 g/mol. The highest BCUT2D eigenvalue weighted by atomic mass is 32.1. The van der Waals surface area contributed by atoms with Crippen molar-refractivity contribution in [3.05, 3.63) is 16.6 Å². The maximum Gasteiger partial charge on any atom is 0.390 e. The fourth-order valence-corrected chi connectivity index (χ4v) is 1.62. The van der Waals surface area contributed by atoms with Gasteiger partial charge < -0.3 is 5.32 Å². The van der Waals surface area contributed by atoms with Crippen molar-refractivity contribution in [1.29, 1.82) is 0 Å². The third-order valence-corrected chi connectivity index (χ3v) is 2.70. The van der Waals surface area contributed by atoms with Gasteiger partial charge in [-0.05, 0) is 6.92 Å². The van der Waals surface area contributed by atoms with Gasteiger partial charge in [-0.3, -0.25) is 4.98 Å². The van der Waals surface area contributed by atoms with Crippen LogP contribution in [0.5, 0.6) is 0 Å². The zero-order valence-electron chi connectivity index (χ0n) is 7.64. The molecular formula is C8H11F3N2S. The Morgan fingerprint density at radius 3 is 2.79 bits per heavy atom. The molecule has 0 aromatic carbocycles. The zero-order valence-corrected chi connectivity index (χ0v) is 8.45. The van der Waals surface area contributed by atoms with Gasteiger partial charge in [0.1, 0.15) is 0 Å². The summed E-state index contributed by atoms with van der Waals surface area (Å²) in [5.74, 6) is 0. The third-order valence-electron chi connectivity index (χ3n) is 1.74. The van der Waals surface area contributed by atoms with Gasteiger partial charge in [0.2, 0.25) is 0 Å². The van der Waals surface area contributed by atoms with Gasteiger partial charge in [-0.1, -0.05) is 0 Å². The molecule has 2 nitrogen and oxygen atoms in total. The van der Waals surface area contributed by atoms with Crippen molar-refractivity contribution in [2.75, 3.05) is 6.54 Å². The van der Waals surface area contributed by atoms with Crippen molar-refractivity contribution >= 4 is 11.3 Å². The van der Waals surface area contributed by atoms with Crippen LogP contribution in [-0.4, -0.2) is 17.7 Å². The van der Waals surface area contributed by atoms with Crippen LogP contribution in [0.4, 0.5) is 13.2 Å². The first kappa shape index (κ1) is 11.5. The van der Waals surface area contributed by atoms with Crippen molar-refractivity contribution < 1.29 is 13.2 Å². The Hall–Kier alpha value is -0.620. The van der Waals surface area contributed by atoms with Crippen molar-refractivity contribution in [2.24, 2.45) is 0 Å². The average Bonchev–Trinajstić information content (AvgIpc) is 2.53.